The van der Waals surface area contributed by atoms with Crippen LogP contribution in [-0.4, -0.2) is 29.3 Å². The molecule has 35 heavy (non-hydrogen) atoms. The van der Waals surface area contributed by atoms with E-state index >= 15 is 0 Å². The van der Waals surface area contributed by atoms with Gasteiger partial charge >= 0.3 is 11.9 Å². The smallest absolute Gasteiger partial charge is 0.340 e. The van der Waals surface area contributed by atoms with Gasteiger partial charge in [-0.2, -0.15) is 0 Å². The molecule has 1 atom stereocenters. The number of carboxylic acid groups (broad SMARTS) is 1. The maximum atomic E-state index is 12.7. The Morgan fingerprint density at radius 3 is 1.97 bits per heavy atom. The van der Waals surface area contributed by atoms with E-state index in [0.29, 0.717) is 6.42 Å². The molecule has 0 saturated carbocycles. The van der Waals surface area contributed by atoms with Gasteiger partial charge in [0.05, 0.1) is 13.0 Å². The number of benzene rings is 1. The lowest BCUT2D eigenvalue weighted by atomic mass is 9.94. The molecule has 0 aliphatic carbocycles. The summed E-state index contributed by atoms with van der Waals surface area (Å²) in [5, 5.41) is 10.2. The minimum Gasteiger partial charge on any atom is -0.479 e. The van der Waals surface area contributed by atoms with Crippen molar-refractivity contribution in [2.75, 3.05) is 6.61 Å². The molecule has 0 aliphatic rings. The maximum absolute atomic E-state index is 12.7. The number of ether oxygens (including phenoxy) is 2. The first kappa shape index (κ1) is 30.1. The lowest BCUT2D eigenvalue weighted by molar-refractivity contribution is -0.167. The van der Waals surface area contributed by atoms with Crippen molar-refractivity contribution in [3.05, 3.63) is 82.5 Å². The summed E-state index contributed by atoms with van der Waals surface area (Å²) in [5.74, 6) is -1.82. The standard InChI is InChI=1S/C30H42O5/c1-23(2)12-10-14-25(5)18-19-35-30(29(32)33,20-26(6)15-11-13-24(3)4)21-28(31)34-22-27-16-8-7-9-17-27/h7-9,12-13,16-18,20H,10-11,14-15,19,21-22H2,1-6H3,(H,32,33)/b25-18+,26-20+. The number of allylic oxidation sites excluding steroid dienone is 6. The highest BCUT2D eigenvalue weighted by atomic mass is 16.5. The van der Waals surface area contributed by atoms with Crippen molar-refractivity contribution in [2.24, 2.45) is 0 Å². The van der Waals surface area contributed by atoms with Crippen molar-refractivity contribution in [3.8, 4) is 0 Å². The summed E-state index contributed by atoms with van der Waals surface area (Å²) >= 11 is 0. The molecule has 0 amide bonds. The average molecular weight is 483 g/mol. The molecule has 0 saturated heterocycles. The fraction of sp³-hybridized carbons (Fsp3) is 0.467. The first-order valence-electron chi connectivity index (χ1n) is 12.2. The van der Waals surface area contributed by atoms with Gasteiger partial charge < -0.3 is 14.6 Å². The Bertz CT molecular complexity index is 929. The van der Waals surface area contributed by atoms with Gasteiger partial charge in [0.25, 0.3) is 0 Å². The van der Waals surface area contributed by atoms with Crippen LogP contribution in [0.1, 0.15) is 79.2 Å². The van der Waals surface area contributed by atoms with Crippen LogP contribution in [-0.2, 0) is 25.7 Å². The summed E-state index contributed by atoms with van der Waals surface area (Å²) in [6.07, 6.45) is 10.6. The van der Waals surface area contributed by atoms with E-state index in [0.717, 1.165) is 36.0 Å². The highest BCUT2D eigenvalue weighted by molar-refractivity contribution is 5.87. The van der Waals surface area contributed by atoms with Gasteiger partial charge in [0.2, 0.25) is 0 Å². The highest BCUT2D eigenvalue weighted by Gasteiger charge is 2.40. The number of esters is 1. The zero-order valence-electron chi connectivity index (χ0n) is 22.2. The van der Waals surface area contributed by atoms with Gasteiger partial charge in [-0.05, 0) is 78.9 Å². The van der Waals surface area contributed by atoms with Gasteiger partial charge in [-0.3, -0.25) is 4.79 Å². The molecule has 0 aliphatic heterocycles. The maximum Gasteiger partial charge on any atom is 0.340 e. The zero-order valence-corrected chi connectivity index (χ0v) is 22.2. The molecule has 0 bridgehead atoms. The van der Waals surface area contributed by atoms with Gasteiger partial charge in [-0.15, -0.1) is 0 Å². The van der Waals surface area contributed by atoms with Crippen LogP contribution in [0.25, 0.3) is 0 Å². The monoisotopic (exact) mass is 482 g/mol. The third-order valence-electron chi connectivity index (χ3n) is 5.45. The number of carboxylic acids is 1. The Morgan fingerprint density at radius 2 is 1.43 bits per heavy atom. The average Bonchev–Trinajstić information content (AvgIpc) is 2.77. The van der Waals surface area contributed by atoms with Crippen molar-refractivity contribution in [2.45, 2.75) is 85.9 Å². The number of aliphatic carboxylic acids is 1. The summed E-state index contributed by atoms with van der Waals surface area (Å²) in [4.78, 5) is 25.2. The fourth-order valence-electron chi connectivity index (χ4n) is 3.43. The number of carbonyl (C=O) groups excluding carboxylic acids is 1. The van der Waals surface area contributed by atoms with Crippen molar-refractivity contribution < 1.29 is 24.2 Å². The Balaban J connectivity index is 3.02. The third-order valence-corrected chi connectivity index (χ3v) is 5.45. The summed E-state index contributed by atoms with van der Waals surface area (Å²) in [6.45, 7) is 12.2. The first-order valence-corrected chi connectivity index (χ1v) is 12.2. The lowest BCUT2D eigenvalue weighted by Crippen LogP contribution is -2.42. The van der Waals surface area contributed by atoms with Crippen LogP contribution >= 0.6 is 0 Å². The van der Waals surface area contributed by atoms with Gasteiger partial charge in [0, 0.05) is 0 Å². The summed E-state index contributed by atoms with van der Waals surface area (Å²) in [5.41, 5.74) is 3.48. The minimum atomic E-state index is -1.79. The van der Waals surface area contributed by atoms with E-state index in [1.807, 2.05) is 64.1 Å². The fourth-order valence-corrected chi connectivity index (χ4v) is 3.43. The van der Waals surface area contributed by atoms with Crippen molar-refractivity contribution >= 4 is 11.9 Å². The molecular weight excluding hydrogens is 440 g/mol. The van der Waals surface area contributed by atoms with Crippen molar-refractivity contribution in [3.63, 3.8) is 0 Å². The molecule has 0 radical (unpaired) electrons. The molecule has 1 aromatic carbocycles. The second-order valence-corrected chi connectivity index (χ2v) is 9.51. The van der Waals surface area contributed by atoms with Crippen LogP contribution in [0, 0.1) is 0 Å². The first-order chi connectivity index (χ1) is 16.5. The summed E-state index contributed by atoms with van der Waals surface area (Å²) in [7, 11) is 0. The normalized spacial score (nSPS) is 13.5. The molecule has 1 N–H and O–H groups in total. The van der Waals surface area contributed by atoms with Gasteiger partial charge in [0.15, 0.2) is 5.60 Å². The molecule has 0 spiro atoms. The van der Waals surface area contributed by atoms with Crippen molar-refractivity contribution in [1.82, 2.24) is 0 Å². The van der Waals surface area contributed by atoms with Gasteiger partial charge in [-0.1, -0.05) is 70.9 Å². The predicted octanol–water partition coefficient (Wildman–Crippen LogP) is 7.35. The van der Waals surface area contributed by atoms with Crippen LogP contribution in [0.2, 0.25) is 0 Å². The molecule has 192 valence electrons. The predicted molar refractivity (Wildman–Crippen MR) is 142 cm³/mol. The van der Waals surface area contributed by atoms with Crippen LogP contribution in [0.4, 0.5) is 0 Å². The molecular formula is C30H42O5. The minimum absolute atomic E-state index is 0.0853. The van der Waals surface area contributed by atoms with Crippen LogP contribution in [0.15, 0.2) is 76.9 Å². The molecule has 1 unspecified atom stereocenters. The molecule has 0 aromatic heterocycles. The summed E-state index contributed by atoms with van der Waals surface area (Å²) < 4.78 is 11.3. The van der Waals surface area contributed by atoms with E-state index in [-0.39, 0.29) is 13.2 Å². The number of hydrogen-bond acceptors (Lipinski definition) is 4. The van der Waals surface area contributed by atoms with Crippen molar-refractivity contribution in [1.29, 1.82) is 0 Å². The molecule has 0 fully saturated rings. The van der Waals surface area contributed by atoms with E-state index in [1.54, 1.807) is 6.08 Å². The topological polar surface area (TPSA) is 72.8 Å². The third kappa shape index (κ3) is 12.9. The van der Waals surface area contributed by atoms with E-state index in [2.05, 4.69) is 26.0 Å². The van der Waals surface area contributed by atoms with E-state index in [9.17, 15) is 14.7 Å². The Hall–Kier alpha value is -2.92. The molecule has 0 heterocycles. The molecule has 5 heteroatoms. The number of rotatable bonds is 15. The molecule has 1 aromatic rings. The SMILES string of the molecule is CC(C)=CCC/C(C)=C/COC(/C=C(\C)CCC=C(C)C)(CC(=O)OCc1ccccc1)C(=O)O. The zero-order chi connectivity index (χ0) is 26.3. The quantitative estimate of drug-likeness (QED) is 0.209. The van der Waals surface area contributed by atoms with Crippen LogP contribution < -0.4 is 0 Å². The number of carbonyl (C=O) groups is 2. The Kier molecular flexibility index (Phi) is 13.7. The lowest BCUT2D eigenvalue weighted by Gasteiger charge is -2.26. The second-order valence-electron chi connectivity index (χ2n) is 9.51. The number of hydrogen-bond donors (Lipinski definition) is 1. The Morgan fingerprint density at radius 1 is 0.857 bits per heavy atom. The molecule has 5 nitrogen and oxygen atoms in total. The largest absolute Gasteiger partial charge is 0.479 e. The van der Waals surface area contributed by atoms with Crippen LogP contribution in [0.3, 0.4) is 0 Å². The van der Waals surface area contributed by atoms with E-state index in [1.165, 1.54) is 11.1 Å². The molecule has 1 rings (SSSR count). The van der Waals surface area contributed by atoms with Gasteiger partial charge in [-0.25, -0.2) is 4.79 Å². The van der Waals surface area contributed by atoms with E-state index < -0.39 is 24.0 Å². The Labute approximate surface area is 211 Å². The van der Waals surface area contributed by atoms with E-state index in [4.69, 9.17) is 9.47 Å². The summed E-state index contributed by atoms with van der Waals surface area (Å²) in [6, 6.07) is 9.30. The van der Waals surface area contributed by atoms with Crippen LogP contribution in [0.5, 0.6) is 0 Å². The highest BCUT2D eigenvalue weighted by Crippen LogP contribution is 2.25. The van der Waals surface area contributed by atoms with Gasteiger partial charge in [0.1, 0.15) is 6.61 Å². The second kappa shape index (κ2) is 15.9.